The zero-order chi connectivity index (χ0) is 21.3. The van der Waals surface area contributed by atoms with E-state index in [1.54, 1.807) is 6.20 Å². The van der Waals surface area contributed by atoms with E-state index in [9.17, 15) is 9.90 Å². The van der Waals surface area contributed by atoms with Crippen molar-refractivity contribution < 1.29 is 14.3 Å². The van der Waals surface area contributed by atoms with E-state index >= 15 is 4.39 Å². The molecule has 0 unspecified atom stereocenters. The maximum Gasteiger partial charge on any atom is 0.159 e. The fourth-order valence-corrected chi connectivity index (χ4v) is 8.24. The monoisotopic (exact) mass is 417 g/mol. The van der Waals surface area contributed by atoms with Crippen molar-refractivity contribution in [2.75, 3.05) is 0 Å². The smallest absolute Gasteiger partial charge is 0.159 e. The summed E-state index contributed by atoms with van der Waals surface area (Å²) >= 11 is 0. The predicted molar refractivity (Wildman–Crippen MR) is 111 cm³/mol. The topological polar surface area (TPSA) is 68.0 Å². The molecule has 0 saturated heterocycles. The van der Waals surface area contributed by atoms with Crippen molar-refractivity contribution in [1.82, 2.24) is 15.0 Å². The van der Waals surface area contributed by atoms with Gasteiger partial charge in [-0.25, -0.2) is 4.39 Å². The maximum atomic E-state index is 15.4. The van der Waals surface area contributed by atoms with Gasteiger partial charge < -0.3 is 5.11 Å². The molecule has 0 aromatic carbocycles. The van der Waals surface area contributed by atoms with Gasteiger partial charge in [-0.15, -0.1) is 0 Å². The number of rotatable bonds is 3. The molecule has 4 aliphatic rings. The molecule has 4 fully saturated rings. The second-order valence-corrected chi connectivity index (χ2v) is 11.4. The molecule has 4 aliphatic carbocycles. The van der Waals surface area contributed by atoms with Gasteiger partial charge in [0.1, 0.15) is 12.7 Å². The molecule has 5 nitrogen and oxygen atoms in total. The first-order chi connectivity index (χ1) is 14.2. The Morgan fingerprint density at radius 1 is 1.17 bits per heavy atom. The number of aromatic nitrogens is 3. The molecule has 1 aromatic heterocycles. The number of halogens is 1. The van der Waals surface area contributed by atoms with Crippen molar-refractivity contribution in [2.24, 2.45) is 40.9 Å². The Kier molecular flexibility index (Phi) is 4.88. The Bertz CT molecular complexity index is 823. The molecule has 0 bridgehead atoms. The van der Waals surface area contributed by atoms with Gasteiger partial charge in [-0.1, -0.05) is 6.92 Å². The van der Waals surface area contributed by atoms with E-state index in [2.05, 4.69) is 17.1 Å². The summed E-state index contributed by atoms with van der Waals surface area (Å²) in [5.41, 5.74) is 0.106. The van der Waals surface area contributed by atoms with Gasteiger partial charge in [-0.3, -0.25) is 4.79 Å². The second kappa shape index (κ2) is 7.11. The number of alkyl halides is 1. The van der Waals surface area contributed by atoms with Crippen LogP contribution >= 0.6 is 0 Å². The Balaban J connectivity index is 1.34. The number of fused-ring (bicyclic) bond motifs is 5. The highest BCUT2D eigenvalue weighted by molar-refractivity contribution is 5.82. The predicted octanol–water partition coefficient (Wildman–Crippen LogP) is 4.12. The minimum absolute atomic E-state index is 0.0207. The van der Waals surface area contributed by atoms with Crippen molar-refractivity contribution in [3.05, 3.63) is 11.9 Å². The fourth-order valence-electron chi connectivity index (χ4n) is 8.24. The van der Waals surface area contributed by atoms with E-state index in [0.717, 1.165) is 44.2 Å². The van der Waals surface area contributed by atoms with Gasteiger partial charge in [0.2, 0.25) is 0 Å². The van der Waals surface area contributed by atoms with Crippen LogP contribution in [0.3, 0.4) is 0 Å². The lowest BCUT2D eigenvalue weighted by atomic mass is 9.48. The van der Waals surface area contributed by atoms with Crippen LogP contribution in [0.25, 0.3) is 0 Å². The van der Waals surface area contributed by atoms with Gasteiger partial charge in [-0.05, 0) is 100 Å². The first-order valence-corrected chi connectivity index (χ1v) is 11.9. The molecule has 1 heterocycles. The Morgan fingerprint density at radius 3 is 2.63 bits per heavy atom. The van der Waals surface area contributed by atoms with Crippen LogP contribution in [0.5, 0.6) is 0 Å². The van der Waals surface area contributed by atoms with Crippen LogP contribution in [0.1, 0.15) is 70.9 Å². The van der Waals surface area contributed by atoms with Crippen molar-refractivity contribution in [3.63, 3.8) is 0 Å². The first kappa shape index (κ1) is 20.6. The average Bonchev–Trinajstić information content (AvgIpc) is 3.24. The van der Waals surface area contributed by atoms with E-state index in [1.165, 1.54) is 4.80 Å². The second-order valence-electron chi connectivity index (χ2n) is 11.4. The quantitative estimate of drug-likeness (QED) is 0.803. The van der Waals surface area contributed by atoms with Crippen LogP contribution in [0, 0.1) is 47.8 Å². The van der Waals surface area contributed by atoms with E-state index in [0.29, 0.717) is 36.5 Å². The Hall–Kier alpha value is -1.30. The fraction of sp³-hybridized carbons (Fsp3) is 0.875. The largest absolute Gasteiger partial charge is 0.390 e. The Labute approximate surface area is 178 Å². The zero-order valence-corrected chi connectivity index (χ0v) is 18.6. The number of carbonyl (C=O) groups excluding carboxylic acids is 1. The summed E-state index contributed by atoms with van der Waals surface area (Å²) in [6, 6.07) is 0. The van der Waals surface area contributed by atoms with Crippen LogP contribution in [-0.4, -0.2) is 37.7 Å². The van der Waals surface area contributed by atoms with Crippen molar-refractivity contribution in [3.8, 4) is 0 Å². The molecule has 166 valence electrons. The molecular formula is C24H36FN3O2. The van der Waals surface area contributed by atoms with Gasteiger partial charge in [0, 0.05) is 5.92 Å². The molecule has 1 aromatic rings. The zero-order valence-electron chi connectivity index (χ0n) is 18.6. The van der Waals surface area contributed by atoms with Crippen LogP contribution in [-0.2, 0) is 11.3 Å². The molecule has 30 heavy (non-hydrogen) atoms. The van der Waals surface area contributed by atoms with Crippen LogP contribution in [0.4, 0.5) is 4.39 Å². The molecule has 4 saturated carbocycles. The molecular weight excluding hydrogens is 381 g/mol. The highest BCUT2D eigenvalue weighted by atomic mass is 19.1. The lowest BCUT2D eigenvalue weighted by Gasteiger charge is -2.57. The lowest BCUT2D eigenvalue weighted by Crippen LogP contribution is -2.54. The van der Waals surface area contributed by atoms with E-state index in [4.69, 9.17) is 0 Å². The van der Waals surface area contributed by atoms with Gasteiger partial charge in [0.05, 0.1) is 17.5 Å². The molecule has 5 rings (SSSR count). The summed E-state index contributed by atoms with van der Waals surface area (Å²) in [5.74, 6) is 2.12. The molecule has 6 heteroatoms. The summed E-state index contributed by atoms with van der Waals surface area (Å²) in [5, 5.41) is 19.0. The van der Waals surface area contributed by atoms with Gasteiger partial charge in [0.15, 0.2) is 5.78 Å². The molecule has 0 aliphatic heterocycles. The number of nitrogens with zero attached hydrogens (tertiary/aromatic N) is 3. The van der Waals surface area contributed by atoms with Gasteiger partial charge in [-0.2, -0.15) is 15.0 Å². The van der Waals surface area contributed by atoms with Gasteiger partial charge in [0.25, 0.3) is 0 Å². The highest BCUT2D eigenvalue weighted by Gasteiger charge is 2.60. The molecule has 0 spiro atoms. The third-order valence-corrected chi connectivity index (χ3v) is 9.58. The summed E-state index contributed by atoms with van der Waals surface area (Å²) in [6.45, 7) is 6.32. The minimum atomic E-state index is -0.809. The van der Waals surface area contributed by atoms with E-state index in [1.807, 2.05) is 13.8 Å². The Morgan fingerprint density at radius 2 is 1.90 bits per heavy atom. The molecule has 0 radical (unpaired) electrons. The standard InChI is InChI=1S/C24H36FN3O2/c1-14-12-26-28(27-14)13-22(29)20-5-4-19-17-10-21(25)18-11-23(2,30)8-6-16(18)15(17)7-9-24(19,20)3/h12,15-21,30H,4-11,13H2,1-3H3/t15-,16-,17-,18+,19+,20-,21-,23-,24+/m1/s1. The molecule has 0 amide bonds. The average molecular weight is 418 g/mol. The normalized spacial score (nSPS) is 48.0. The number of ketones is 1. The SMILES string of the molecule is Cc1cnn(CC(=O)[C@H]2CC[C@H]3[C@@H]4C[C@@H](F)[C@H]5C[C@](C)(O)CC[C@@H]5[C@H]4CC[C@]23C)n1. The number of hydrogen-bond acceptors (Lipinski definition) is 4. The number of carbonyl (C=O) groups is 1. The summed E-state index contributed by atoms with van der Waals surface area (Å²) in [6.07, 6.45) is 8.01. The van der Waals surface area contributed by atoms with E-state index in [-0.39, 0.29) is 29.6 Å². The number of aryl methyl sites for hydroxylation is 1. The maximum absolute atomic E-state index is 15.4. The summed E-state index contributed by atoms with van der Waals surface area (Å²) in [4.78, 5) is 14.7. The number of Topliss-reactive ketones (excluding diaryl/α,β-unsaturated/α-hetero) is 1. The number of aliphatic hydroxyl groups is 1. The van der Waals surface area contributed by atoms with Crippen molar-refractivity contribution in [1.29, 1.82) is 0 Å². The van der Waals surface area contributed by atoms with Crippen LogP contribution < -0.4 is 0 Å². The molecule has 1 N–H and O–H groups in total. The van der Waals surface area contributed by atoms with Crippen LogP contribution in [0.15, 0.2) is 6.20 Å². The van der Waals surface area contributed by atoms with Crippen molar-refractivity contribution >= 4 is 5.78 Å². The summed E-state index contributed by atoms with van der Waals surface area (Å²) in [7, 11) is 0. The minimum Gasteiger partial charge on any atom is -0.390 e. The van der Waals surface area contributed by atoms with Crippen LogP contribution in [0.2, 0.25) is 0 Å². The third kappa shape index (κ3) is 3.25. The van der Waals surface area contributed by atoms with Crippen molar-refractivity contribution in [2.45, 2.75) is 90.5 Å². The lowest BCUT2D eigenvalue weighted by molar-refractivity contribution is -0.139. The third-order valence-electron chi connectivity index (χ3n) is 9.58. The summed E-state index contributed by atoms with van der Waals surface area (Å²) < 4.78 is 15.4. The number of hydrogen-bond donors (Lipinski definition) is 1. The highest BCUT2D eigenvalue weighted by Crippen LogP contribution is 2.65. The van der Waals surface area contributed by atoms with E-state index < -0.39 is 11.8 Å². The first-order valence-electron chi connectivity index (χ1n) is 11.9. The molecule has 9 atom stereocenters. The van der Waals surface area contributed by atoms with Gasteiger partial charge >= 0.3 is 0 Å².